The van der Waals surface area contributed by atoms with E-state index in [1.54, 1.807) is 18.2 Å². The first-order valence-electron chi connectivity index (χ1n) is 5.10. The highest BCUT2D eigenvalue weighted by molar-refractivity contribution is 5.95. The topological polar surface area (TPSA) is 81.3 Å². The van der Waals surface area contributed by atoms with E-state index in [9.17, 15) is 9.59 Å². The van der Waals surface area contributed by atoms with Crippen LogP contribution in [0.5, 0.6) is 5.88 Å². The summed E-state index contributed by atoms with van der Waals surface area (Å²) in [6.07, 6.45) is 1.47. The maximum Gasteiger partial charge on any atom is 0.344 e. The maximum absolute atomic E-state index is 11.8. The van der Waals surface area contributed by atoms with Gasteiger partial charge in [0.15, 0.2) is 0 Å². The molecule has 0 fully saturated rings. The van der Waals surface area contributed by atoms with Crippen LogP contribution in [0.4, 0.5) is 0 Å². The molecule has 18 heavy (non-hydrogen) atoms. The Bertz CT molecular complexity index is 563. The van der Waals surface area contributed by atoms with Gasteiger partial charge >= 0.3 is 11.9 Å². The highest BCUT2D eigenvalue weighted by atomic mass is 16.5. The van der Waals surface area contributed by atoms with Crippen molar-refractivity contribution in [1.82, 2.24) is 10.2 Å². The van der Waals surface area contributed by atoms with Gasteiger partial charge in [-0.05, 0) is 18.2 Å². The molecule has 0 atom stereocenters. The van der Waals surface area contributed by atoms with Gasteiger partial charge in [-0.1, -0.05) is 6.07 Å². The monoisotopic (exact) mass is 246 g/mol. The van der Waals surface area contributed by atoms with Crippen LogP contribution in [0.1, 0.15) is 20.7 Å². The number of hydrogen-bond donors (Lipinski definition) is 1. The third-order valence-electron chi connectivity index (χ3n) is 2.20. The molecule has 6 nitrogen and oxygen atoms in total. The number of hydrogen-bond acceptors (Lipinski definition) is 5. The Balaban J connectivity index is 2.18. The van der Waals surface area contributed by atoms with Crippen molar-refractivity contribution in [3.05, 3.63) is 47.7 Å². The number of nitrogens with one attached hydrogen (secondary N) is 1. The largest absolute Gasteiger partial charge is 0.465 e. The summed E-state index contributed by atoms with van der Waals surface area (Å²) >= 11 is 0. The van der Waals surface area contributed by atoms with Gasteiger partial charge in [-0.3, -0.25) is 0 Å². The van der Waals surface area contributed by atoms with E-state index in [0.717, 1.165) is 0 Å². The first-order valence-corrected chi connectivity index (χ1v) is 5.10. The Kier molecular flexibility index (Phi) is 3.38. The molecule has 1 aromatic carbocycles. The number of carbonyl (C=O) groups excluding carboxylic acids is 2. The fraction of sp³-hybridized carbons (Fsp3) is 0.0833. The number of benzene rings is 1. The third-order valence-corrected chi connectivity index (χ3v) is 2.20. The van der Waals surface area contributed by atoms with Crippen molar-refractivity contribution >= 4 is 11.9 Å². The molecule has 0 spiro atoms. The van der Waals surface area contributed by atoms with E-state index in [1.165, 1.54) is 25.4 Å². The average molecular weight is 246 g/mol. The summed E-state index contributed by atoms with van der Waals surface area (Å²) < 4.78 is 9.57. The van der Waals surface area contributed by atoms with Gasteiger partial charge < -0.3 is 9.47 Å². The van der Waals surface area contributed by atoms with Crippen LogP contribution in [-0.2, 0) is 4.74 Å². The zero-order valence-corrected chi connectivity index (χ0v) is 9.54. The Morgan fingerprint density at radius 3 is 2.50 bits per heavy atom. The van der Waals surface area contributed by atoms with Gasteiger partial charge in [0.25, 0.3) is 0 Å². The molecular weight excluding hydrogens is 236 g/mol. The molecule has 0 saturated heterocycles. The summed E-state index contributed by atoms with van der Waals surface area (Å²) in [5.41, 5.74) is 0.545. The number of aromatic nitrogens is 2. The molecule has 6 heteroatoms. The van der Waals surface area contributed by atoms with E-state index >= 15 is 0 Å². The van der Waals surface area contributed by atoms with Crippen LogP contribution in [0.3, 0.4) is 0 Å². The third kappa shape index (κ3) is 2.54. The minimum atomic E-state index is -0.579. The van der Waals surface area contributed by atoms with Crippen molar-refractivity contribution in [2.24, 2.45) is 0 Å². The number of aromatic amines is 1. The van der Waals surface area contributed by atoms with Gasteiger partial charge in [-0.15, -0.1) is 0 Å². The van der Waals surface area contributed by atoms with Crippen LogP contribution in [0.25, 0.3) is 0 Å². The lowest BCUT2D eigenvalue weighted by Crippen LogP contribution is -2.10. The molecule has 1 heterocycles. The molecule has 0 aliphatic rings. The number of carbonyl (C=O) groups is 2. The van der Waals surface area contributed by atoms with Crippen LogP contribution in [0.2, 0.25) is 0 Å². The second-order valence-corrected chi connectivity index (χ2v) is 3.38. The number of rotatable bonds is 3. The van der Waals surface area contributed by atoms with Crippen LogP contribution in [0.15, 0.2) is 36.5 Å². The second-order valence-electron chi connectivity index (χ2n) is 3.38. The zero-order chi connectivity index (χ0) is 13.0. The molecule has 2 aromatic rings. The van der Waals surface area contributed by atoms with E-state index in [4.69, 9.17) is 4.74 Å². The molecule has 0 unspecified atom stereocenters. The van der Waals surface area contributed by atoms with Gasteiger partial charge in [0.05, 0.1) is 24.4 Å². The Labute approximate surface area is 103 Å². The minimum Gasteiger partial charge on any atom is -0.465 e. The summed E-state index contributed by atoms with van der Waals surface area (Å²) in [5.74, 6) is -0.848. The normalized spacial score (nSPS) is 9.83. The lowest BCUT2D eigenvalue weighted by atomic mass is 10.1. The van der Waals surface area contributed by atoms with Crippen LogP contribution in [-0.4, -0.2) is 29.2 Å². The van der Waals surface area contributed by atoms with E-state index in [1.807, 2.05) is 0 Å². The molecule has 0 aliphatic carbocycles. The average Bonchev–Trinajstić information content (AvgIpc) is 2.90. The Morgan fingerprint density at radius 1 is 1.17 bits per heavy atom. The lowest BCUT2D eigenvalue weighted by molar-refractivity contribution is 0.0600. The predicted molar refractivity (Wildman–Crippen MR) is 61.3 cm³/mol. The summed E-state index contributed by atoms with van der Waals surface area (Å²) in [4.78, 5) is 23.1. The molecule has 1 aromatic heterocycles. The standard InChI is InChI=1S/C12H10N2O4/c1-17-11(15)8-3-2-4-9(7-8)12(16)18-10-5-6-13-14-10/h2-7H,1H3,(H,13,14). The van der Waals surface area contributed by atoms with Gasteiger partial charge in [-0.25, -0.2) is 14.7 Å². The molecule has 0 bridgehead atoms. The van der Waals surface area contributed by atoms with Gasteiger partial charge in [-0.2, -0.15) is 5.10 Å². The molecule has 0 saturated carbocycles. The van der Waals surface area contributed by atoms with Crippen molar-refractivity contribution in [2.45, 2.75) is 0 Å². The summed E-state index contributed by atoms with van der Waals surface area (Å²) in [7, 11) is 1.28. The molecule has 92 valence electrons. The van der Waals surface area contributed by atoms with Gasteiger partial charge in [0.1, 0.15) is 0 Å². The van der Waals surface area contributed by atoms with Crippen LogP contribution in [0, 0.1) is 0 Å². The van der Waals surface area contributed by atoms with Crippen molar-refractivity contribution < 1.29 is 19.1 Å². The number of nitrogens with zero attached hydrogens (tertiary/aromatic N) is 1. The van der Waals surface area contributed by atoms with Crippen molar-refractivity contribution in [2.75, 3.05) is 7.11 Å². The van der Waals surface area contributed by atoms with Gasteiger partial charge in [0, 0.05) is 6.07 Å². The first kappa shape index (κ1) is 11.8. The number of methoxy groups -OCH3 is 1. The minimum absolute atomic E-state index is 0.239. The molecule has 0 amide bonds. The SMILES string of the molecule is COC(=O)c1cccc(C(=O)Oc2ccn[nH]2)c1. The lowest BCUT2D eigenvalue weighted by Gasteiger charge is -2.03. The predicted octanol–water partition coefficient (Wildman–Crippen LogP) is 1.42. The fourth-order valence-electron chi connectivity index (χ4n) is 1.35. The summed E-state index contributed by atoms with van der Waals surface area (Å²) in [6.45, 7) is 0. The zero-order valence-electron chi connectivity index (χ0n) is 9.54. The van der Waals surface area contributed by atoms with E-state index < -0.39 is 11.9 Å². The quantitative estimate of drug-likeness (QED) is 0.828. The summed E-state index contributed by atoms with van der Waals surface area (Å²) in [6, 6.07) is 7.60. The van der Waals surface area contributed by atoms with Crippen molar-refractivity contribution in [1.29, 1.82) is 0 Å². The Morgan fingerprint density at radius 2 is 1.89 bits per heavy atom. The fourth-order valence-corrected chi connectivity index (χ4v) is 1.35. The second kappa shape index (κ2) is 5.13. The van der Waals surface area contributed by atoms with E-state index in [-0.39, 0.29) is 17.0 Å². The highest BCUT2D eigenvalue weighted by Gasteiger charge is 2.12. The molecule has 0 radical (unpaired) electrons. The van der Waals surface area contributed by atoms with E-state index in [2.05, 4.69) is 14.9 Å². The number of ether oxygens (including phenoxy) is 2. The van der Waals surface area contributed by atoms with Crippen molar-refractivity contribution in [3.8, 4) is 5.88 Å². The molecule has 2 rings (SSSR count). The van der Waals surface area contributed by atoms with Crippen LogP contribution < -0.4 is 4.74 Å². The summed E-state index contributed by atoms with van der Waals surface area (Å²) in [5, 5.41) is 6.15. The van der Waals surface area contributed by atoms with Gasteiger partial charge in [0.2, 0.25) is 5.88 Å². The molecule has 0 aliphatic heterocycles. The number of H-pyrrole nitrogens is 1. The highest BCUT2D eigenvalue weighted by Crippen LogP contribution is 2.10. The molecule has 1 N–H and O–H groups in total. The van der Waals surface area contributed by atoms with Crippen molar-refractivity contribution in [3.63, 3.8) is 0 Å². The van der Waals surface area contributed by atoms with E-state index in [0.29, 0.717) is 0 Å². The Hall–Kier alpha value is -2.63. The number of esters is 2. The smallest absolute Gasteiger partial charge is 0.344 e. The van der Waals surface area contributed by atoms with Crippen LogP contribution >= 0.6 is 0 Å². The maximum atomic E-state index is 11.8. The molecular formula is C12H10N2O4. The first-order chi connectivity index (χ1) is 8.70.